The minimum absolute atomic E-state index is 0.0120. The van der Waals surface area contributed by atoms with Gasteiger partial charge in [0.15, 0.2) is 0 Å². The summed E-state index contributed by atoms with van der Waals surface area (Å²) in [5.41, 5.74) is 1.26. The summed E-state index contributed by atoms with van der Waals surface area (Å²) >= 11 is 1.90. The van der Waals surface area contributed by atoms with Crippen molar-refractivity contribution in [3.8, 4) is 0 Å². The van der Waals surface area contributed by atoms with Gasteiger partial charge >= 0.3 is 0 Å². The fourth-order valence-corrected chi connectivity index (χ4v) is 4.91. The van der Waals surface area contributed by atoms with Crippen LogP contribution in [-0.2, 0) is 12.5 Å². The van der Waals surface area contributed by atoms with Crippen LogP contribution in [0.4, 0.5) is 5.82 Å². The van der Waals surface area contributed by atoms with Gasteiger partial charge in [0.25, 0.3) is 0 Å². The van der Waals surface area contributed by atoms with E-state index in [9.17, 15) is 0 Å². The molecule has 1 saturated carbocycles. The zero-order chi connectivity index (χ0) is 21.1. The van der Waals surface area contributed by atoms with E-state index in [1.165, 1.54) is 42.9 Å². The normalized spacial score (nSPS) is 18.6. The SMILES string of the molecule is Cn1nccc1SCCCN1CCN(c2cc(C3CCC3)nc(C(C)(C)C)n2)CC1. The van der Waals surface area contributed by atoms with E-state index in [1.807, 2.05) is 29.7 Å². The Bertz CT molecular complexity index is 830. The van der Waals surface area contributed by atoms with Gasteiger partial charge in [0.2, 0.25) is 0 Å². The lowest BCUT2D eigenvalue weighted by Gasteiger charge is -2.36. The Labute approximate surface area is 185 Å². The molecular weight excluding hydrogens is 392 g/mol. The number of hydrogen-bond acceptors (Lipinski definition) is 6. The fourth-order valence-electron chi connectivity index (χ4n) is 4.03. The number of nitrogens with zero attached hydrogens (tertiary/aromatic N) is 6. The zero-order valence-corrected chi connectivity index (χ0v) is 19.8. The van der Waals surface area contributed by atoms with Crippen molar-refractivity contribution in [2.24, 2.45) is 7.05 Å². The summed E-state index contributed by atoms with van der Waals surface area (Å²) in [6, 6.07) is 4.37. The lowest BCUT2D eigenvalue weighted by molar-refractivity contribution is 0.258. The zero-order valence-electron chi connectivity index (χ0n) is 19.0. The maximum atomic E-state index is 4.99. The molecule has 0 bridgehead atoms. The second kappa shape index (κ2) is 9.27. The number of hydrogen-bond donors (Lipinski definition) is 0. The molecular formula is C23H36N6S. The second-order valence-corrected chi connectivity index (χ2v) is 10.8. The molecule has 7 heteroatoms. The molecule has 0 unspecified atom stereocenters. The average Bonchev–Trinajstić information content (AvgIpc) is 3.08. The van der Waals surface area contributed by atoms with Gasteiger partial charge in [-0.3, -0.25) is 9.58 Å². The van der Waals surface area contributed by atoms with Gasteiger partial charge in [-0.25, -0.2) is 9.97 Å². The van der Waals surface area contributed by atoms with E-state index < -0.39 is 0 Å². The fraction of sp³-hybridized carbons (Fsp3) is 0.696. The molecule has 164 valence electrons. The molecule has 0 amide bonds. The minimum Gasteiger partial charge on any atom is -0.354 e. The predicted molar refractivity (Wildman–Crippen MR) is 125 cm³/mol. The molecule has 1 aliphatic heterocycles. The molecule has 1 saturated heterocycles. The standard InChI is InChI=1S/C23H36N6S/c1-23(2,3)22-25-19(18-7-5-8-18)17-20(26-22)29-14-12-28(13-15-29)11-6-16-30-21-9-10-24-27(21)4/h9-10,17-18H,5-8,11-16H2,1-4H3. The molecule has 2 aromatic heterocycles. The van der Waals surface area contributed by atoms with Crippen LogP contribution in [0.25, 0.3) is 0 Å². The van der Waals surface area contributed by atoms with Crippen LogP contribution in [0.2, 0.25) is 0 Å². The third-order valence-electron chi connectivity index (χ3n) is 6.27. The van der Waals surface area contributed by atoms with Crippen LogP contribution in [0.1, 0.15) is 63.9 Å². The molecule has 0 N–H and O–H groups in total. The molecule has 0 spiro atoms. The van der Waals surface area contributed by atoms with Crippen molar-refractivity contribution in [3.63, 3.8) is 0 Å². The number of aromatic nitrogens is 4. The minimum atomic E-state index is -0.0120. The van der Waals surface area contributed by atoms with Gasteiger partial charge in [-0.15, -0.1) is 11.8 Å². The quantitative estimate of drug-likeness (QED) is 0.489. The van der Waals surface area contributed by atoms with Crippen LogP contribution in [0.15, 0.2) is 23.4 Å². The number of anilines is 1. The molecule has 2 aromatic rings. The lowest BCUT2D eigenvalue weighted by atomic mass is 9.82. The summed E-state index contributed by atoms with van der Waals surface area (Å²) in [6.45, 7) is 12.2. The van der Waals surface area contributed by atoms with Crippen molar-refractivity contribution >= 4 is 17.6 Å². The van der Waals surface area contributed by atoms with Crippen molar-refractivity contribution in [3.05, 3.63) is 29.8 Å². The third-order valence-corrected chi connectivity index (χ3v) is 7.46. The Kier molecular flexibility index (Phi) is 6.68. The van der Waals surface area contributed by atoms with Crippen LogP contribution < -0.4 is 4.90 Å². The average molecular weight is 429 g/mol. The van der Waals surface area contributed by atoms with E-state index in [-0.39, 0.29) is 5.41 Å². The maximum Gasteiger partial charge on any atom is 0.136 e. The number of rotatable bonds is 7. The number of thioether (sulfide) groups is 1. The van der Waals surface area contributed by atoms with Crippen molar-refractivity contribution in [1.82, 2.24) is 24.6 Å². The van der Waals surface area contributed by atoms with Gasteiger partial charge in [0.05, 0.1) is 11.2 Å². The summed E-state index contributed by atoms with van der Waals surface area (Å²) < 4.78 is 1.95. The molecule has 0 atom stereocenters. The number of aryl methyl sites for hydroxylation is 1. The molecule has 2 aliphatic rings. The summed E-state index contributed by atoms with van der Waals surface area (Å²) in [5, 5.41) is 5.49. The first-order valence-corrected chi connectivity index (χ1v) is 12.4. The van der Waals surface area contributed by atoms with Crippen LogP contribution >= 0.6 is 11.8 Å². The molecule has 6 nitrogen and oxygen atoms in total. The van der Waals surface area contributed by atoms with Gasteiger partial charge in [-0.2, -0.15) is 5.10 Å². The molecule has 3 heterocycles. The first kappa shape index (κ1) is 21.6. The molecule has 4 rings (SSSR count). The highest BCUT2D eigenvalue weighted by molar-refractivity contribution is 7.99. The molecule has 0 radical (unpaired) electrons. The molecule has 1 aliphatic carbocycles. The van der Waals surface area contributed by atoms with Crippen LogP contribution in [-0.4, -0.2) is 63.1 Å². The largest absolute Gasteiger partial charge is 0.354 e. The van der Waals surface area contributed by atoms with Crippen molar-refractivity contribution in [2.75, 3.05) is 43.4 Å². The van der Waals surface area contributed by atoms with E-state index in [0.29, 0.717) is 5.92 Å². The van der Waals surface area contributed by atoms with Gasteiger partial charge in [0.1, 0.15) is 11.6 Å². The van der Waals surface area contributed by atoms with Crippen LogP contribution in [0, 0.1) is 0 Å². The van der Waals surface area contributed by atoms with E-state index in [4.69, 9.17) is 9.97 Å². The van der Waals surface area contributed by atoms with Crippen molar-refractivity contribution < 1.29 is 0 Å². The van der Waals surface area contributed by atoms with E-state index >= 15 is 0 Å². The third kappa shape index (κ3) is 5.17. The predicted octanol–water partition coefficient (Wildman–Crippen LogP) is 4.08. The molecule has 2 fully saturated rings. The summed E-state index contributed by atoms with van der Waals surface area (Å²) in [7, 11) is 2.01. The highest BCUT2D eigenvalue weighted by Crippen LogP contribution is 2.37. The van der Waals surface area contributed by atoms with E-state index in [0.717, 1.165) is 43.6 Å². The summed E-state index contributed by atoms with van der Waals surface area (Å²) in [5.74, 6) is 3.93. The summed E-state index contributed by atoms with van der Waals surface area (Å²) in [6.07, 6.45) is 6.99. The molecule has 30 heavy (non-hydrogen) atoms. The van der Waals surface area contributed by atoms with Gasteiger partial charge in [0, 0.05) is 62.1 Å². The summed E-state index contributed by atoms with van der Waals surface area (Å²) in [4.78, 5) is 15.0. The Morgan fingerprint density at radius 3 is 2.47 bits per heavy atom. The van der Waals surface area contributed by atoms with E-state index in [2.05, 4.69) is 47.8 Å². The Morgan fingerprint density at radius 1 is 1.10 bits per heavy atom. The first-order valence-electron chi connectivity index (χ1n) is 11.4. The lowest BCUT2D eigenvalue weighted by Crippen LogP contribution is -2.47. The maximum absolute atomic E-state index is 4.99. The van der Waals surface area contributed by atoms with Crippen LogP contribution in [0.3, 0.4) is 0 Å². The van der Waals surface area contributed by atoms with E-state index in [1.54, 1.807) is 0 Å². The van der Waals surface area contributed by atoms with Gasteiger partial charge < -0.3 is 4.90 Å². The smallest absolute Gasteiger partial charge is 0.136 e. The first-order chi connectivity index (χ1) is 14.4. The topological polar surface area (TPSA) is 50.1 Å². The molecule has 0 aromatic carbocycles. The Balaban J connectivity index is 1.30. The monoisotopic (exact) mass is 428 g/mol. The van der Waals surface area contributed by atoms with Crippen molar-refractivity contribution in [2.45, 2.75) is 62.8 Å². The highest BCUT2D eigenvalue weighted by atomic mass is 32.2. The highest BCUT2D eigenvalue weighted by Gasteiger charge is 2.27. The second-order valence-electron chi connectivity index (χ2n) is 9.68. The van der Waals surface area contributed by atoms with Gasteiger partial charge in [-0.1, -0.05) is 27.2 Å². The van der Waals surface area contributed by atoms with Gasteiger partial charge in [-0.05, 0) is 31.9 Å². The van der Waals surface area contributed by atoms with Crippen LogP contribution in [0.5, 0.6) is 0 Å². The van der Waals surface area contributed by atoms with Crippen molar-refractivity contribution in [1.29, 1.82) is 0 Å². The Morgan fingerprint density at radius 2 is 1.87 bits per heavy atom. The Hall–Kier alpha value is -1.60. The number of piperazine rings is 1.